The third-order valence-corrected chi connectivity index (χ3v) is 3.54. The van der Waals surface area contributed by atoms with Crippen LogP contribution in [0.25, 0.3) is 0 Å². The predicted molar refractivity (Wildman–Crippen MR) is 75.9 cm³/mol. The molecule has 1 fully saturated rings. The normalized spacial score (nSPS) is 16.4. The molecule has 6 heteroatoms. The number of esters is 1. The molecule has 0 bridgehead atoms. The van der Waals surface area contributed by atoms with Crippen molar-refractivity contribution in [2.45, 2.75) is 26.7 Å². The Bertz CT molecular complexity index is 425. The Labute approximate surface area is 119 Å². The number of anilines is 1. The quantitative estimate of drug-likeness (QED) is 0.800. The molecule has 0 unspecified atom stereocenters. The van der Waals surface area contributed by atoms with Gasteiger partial charge in [-0.1, -0.05) is 6.92 Å². The Morgan fingerprint density at radius 1 is 1.50 bits per heavy atom. The lowest BCUT2D eigenvalue weighted by atomic mass is 9.97. The molecular formula is C14H23N3O3. The highest BCUT2D eigenvalue weighted by Gasteiger charge is 2.23. The molecule has 1 aromatic rings. The summed E-state index contributed by atoms with van der Waals surface area (Å²) in [5.74, 6) is 0.287. The second-order valence-electron chi connectivity index (χ2n) is 4.97. The molecule has 20 heavy (non-hydrogen) atoms. The molecule has 0 amide bonds. The lowest BCUT2D eigenvalue weighted by Gasteiger charge is -2.30. The second kappa shape index (κ2) is 7.28. The van der Waals surface area contributed by atoms with Gasteiger partial charge in [-0.2, -0.15) is 4.98 Å². The lowest BCUT2D eigenvalue weighted by Crippen LogP contribution is -2.37. The van der Waals surface area contributed by atoms with Crippen LogP contribution in [-0.2, 0) is 4.74 Å². The van der Waals surface area contributed by atoms with Gasteiger partial charge in [0.25, 0.3) is 6.01 Å². The molecule has 0 aliphatic carbocycles. The van der Waals surface area contributed by atoms with Crippen molar-refractivity contribution in [3.05, 3.63) is 12.0 Å². The van der Waals surface area contributed by atoms with Crippen LogP contribution in [-0.4, -0.2) is 43.7 Å². The van der Waals surface area contributed by atoms with Gasteiger partial charge in [0.05, 0.1) is 6.61 Å². The average molecular weight is 281 g/mol. The molecule has 2 heterocycles. The van der Waals surface area contributed by atoms with Gasteiger partial charge < -0.3 is 19.4 Å². The molecular weight excluding hydrogens is 258 g/mol. The summed E-state index contributed by atoms with van der Waals surface area (Å²) in [5, 5.41) is 3.39. The van der Waals surface area contributed by atoms with Crippen molar-refractivity contribution in [2.75, 3.05) is 37.7 Å². The molecule has 1 saturated heterocycles. The molecule has 6 nitrogen and oxygen atoms in total. The van der Waals surface area contributed by atoms with Crippen LogP contribution in [0.3, 0.4) is 0 Å². The van der Waals surface area contributed by atoms with E-state index in [2.05, 4.69) is 22.1 Å². The van der Waals surface area contributed by atoms with Crippen LogP contribution in [0.15, 0.2) is 10.7 Å². The van der Waals surface area contributed by atoms with E-state index in [1.54, 1.807) is 6.92 Å². The molecule has 1 aliphatic rings. The van der Waals surface area contributed by atoms with Gasteiger partial charge in [0, 0.05) is 13.1 Å². The van der Waals surface area contributed by atoms with Crippen molar-refractivity contribution in [3.8, 4) is 0 Å². The van der Waals surface area contributed by atoms with E-state index in [9.17, 15) is 4.79 Å². The molecule has 0 spiro atoms. The smallest absolute Gasteiger partial charge is 0.360 e. The van der Waals surface area contributed by atoms with Crippen LogP contribution in [0, 0.1) is 5.92 Å². The number of oxazole rings is 1. The fourth-order valence-electron chi connectivity index (χ4n) is 2.39. The predicted octanol–water partition coefficient (Wildman–Crippen LogP) is 1.68. The van der Waals surface area contributed by atoms with E-state index < -0.39 is 5.97 Å². The van der Waals surface area contributed by atoms with Crippen molar-refractivity contribution < 1.29 is 13.9 Å². The van der Waals surface area contributed by atoms with E-state index in [4.69, 9.17) is 9.15 Å². The van der Waals surface area contributed by atoms with Gasteiger partial charge in [-0.15, -0.1) is 0 Å². The number of nitrogens with zero attached hydrogens (tertiary/aromatic N) is 2. The molecule has 2 rings (SSSR count). The van der Waals surface area contributed by atoms with Gasteiger partial charge >= 0.3 is 5.97 Å². The van der Waals surface area contributed by atoms with Gasteiger partial charge in [0.1, 0.15) is 6.26 Å². The van der Waals surface area contributed by atoms with Crippen LogP contribution >= 0.6 is 0 Å². The maximum Gasteiger partial charge on any atom is 0.360 e. The highest BCUT2D eigenvalue weighted by molar-refractivity contribution is 5.87. The number of carbonyl (C=O) groups is 1. The molecule has 112 valence electrons. The van der Waals surface area contributed by atoms with E-state index in [1.807, 2.05) is 0 Å². The van der Waals surface area contributed by atoms with Crippen LogP contribution in [0.5, 0.6) is 0 Å². The Kier molecular flexibility index (Phi) is 5.40. The van der Waals surface area contributed by atoms with Crippen molar-refractivity contribution >= 4 is 12.0 Å². The molecule has 1 aliphatic heterocycles. The largest absolute Gasteiger partial charge is 0.461 e. The lowest BCUT2D eigenvalue weighted by molar-refractivity contribution is 0.0519. The molecule has 0 saturated carbocycles. The first-order chi connectivity index (χ1) is 9.74. The minimum atomic E-state index is -0.426. The summed E-state index contributed by atoms with van der Waals surface area (Å²) in [6.45, 7) is 8.16. The highest BCUT2D eigenvalue weighted by atomic mass is 16.5. The maximum atomic E-state index is 11.5. The zero-order chi connectivity index (χ0) is 14.4. The topological polar surface area (TPSA) is 67.6 Å². The summed E-state index contributed by atoms with van der Waals surface area (Å²) >= 11 is 0. The number of rotatable bonds is 6. The molecule has 1 aromatic heterocycles. The molecule has 1 N–H and O–H groups in total. The minimum absolute atomic E-state index is 0.247. The zero-order valence-electron chi connectivity index (χ0n) is 12.2. The molecule has 0 radical (unpaired) electrons. The summed E-state index contributed by atoms with van der Waals surface area (Å²) in [4.78, 5) is 17.8. The van der Waals surface area contributed by atoms with E-state index >= 15 is 0 Å². The van der Waals surface area contributed by atoms with Gasteiger partial charge in [0.15, 0.2) is 5.69 Å². The van der Waals surface area contributed by atoms with Crippen molar-refractivity contribution in [1.82, 2.24) is 10.3 Å². The summed E-state index contributed by atoms with van der Waals surface area (Å²) in [6.07, 6.45) is 3.60. The highest BCUT2D eigenvalue weighted by Crippen LogP contribution is 2.22. The summed E-state index contributed by atoms with van der Waals surface area (Å²) in [5.41, 5.74) is 0.247. The Morgan fingerprint density at radius 2 is 2.25 bits per heavy atom. The first-order valence-corrected chi connectivity index (χ1v) is 7.32. The van der Waals surface area contributed by atoms with Gasteiger partial charge in [-0.25, -0.2) is 4.79 Å². The van der Waals surface area contributed by atoms with Gasteiger partial charge in [-0.3, -0.25) is 0 Å². The number of hydrogen-bond donors (Lipinski definition) is 1. The van der Waals surface area contributed by atoms with E-state index in [0.29, 0.717) is 18.5 Å². The second-order valence-corrected chi connectivity index (χ2v) is 4.97. The van der Waals surface area contributed by atoms with Crippen LogP contribution in [0.2, 0.25) is 0 Å². The zero-order valence-corrected chi connectivity index (χ0v) is 12.2. The number of nitrogens with one attached hydrogen (secondary N) is 1. The summed E-state index contributed by atoms with van der Waals surface area (Å²) < 4.78 is 10.3. The Morgan fingerprint density at radius 3 is 2.90 bits per heavy atom. The van der Waals surface area contributed by atoms with Gasteiger partial charge in [-0.05, 0) is 38.8 Å². The number of aromatic nitrogens is 1. The Balaban J connectivity index is 1.86. The van der Waals surface area contributed by atoms with Crippen molar-refractivity contribution in [2.24, 2.45) is 5.92 Å². The monoisotopic (exact) mass is 281 g/mol. The fraction of sp³-hybridized carbons (Fsp3) is 0.714. The Hall–Kier alpha value is -1.56. The number of ether oxygens (including phenoxy) is 1. The number of piperidine rings is 1. The molecule has 0 aromatic carbocycles. The maximum absolute atomic E-state index is 11.5. The van der Waals surface area contributed by atoms with Crippen LogP contribution < -0.4 is 10.2 Å². The number of hydrogen-bond acceptors (Lipinski definition) is 6. The standard InChI is InChI=1S/C14H23N3O3/c1-3-15-9-11-5-7-17(8-6-11)14-16-12(10-20-14)13(18)19-4-2/h10-11,15H,3-9H2,1-2H3. The molecule has 0 atom stereocenters. The SMILES string of the molecule is CCNCC1CCN(c2nc(C(=O)OCC)co2)CC1. The average Bonchev–Trinajstić information content (AvgIpc) is 2.96. The van der Waals surface area contributed by atoms with Crippen molar-refractivity contribution in [3.63, 3.8) is 0 Å². The number of carbonyl (C=O) groups excluding carboxylic acids is 1. The van der Waals surface area contributed by atoms with E-state index in [-0.39, 0.29) is 5.69 Å². The van der Waals surface area contributed by atoms with Crippen LogP contribution in [0.4, 0.5) is 6.01 Å². The first kappa shape index (κ1) is 14.8. The summed E-state index contributed by atoms with van der Waals surface area (Å²) in [7, 11) is 0. The first-order valence-electron chi connectivity index (χ1n) is 7.32. The van der Waals surface area contributed by atoms with E-state index in [0.717, 1.165) is 39.0 Å². The third-order valence-electron chi connectivity index (χ3n) is 3.54. The fourth-order valence-corrected chi connectivity index (χ4v) is 2.39. The van der Waals surface area contributed by atoms with Gasteiger partial charge in [0.2, 0.25) is 0 Å². The third kappa shape index (κ3) is 3.72. The minimum Gasteiger partial charge on any atom is -0.461 e. The van der Waals surface area contributed by atoms with Crippen LogP contribution in [0.1, 0.15) is 37.2 Å². The van der Waals surface area contributed by atoms with E-state index in [1.165, 1.54) is 6.26 Å². The van der Waals surface area contributed by atoms with Crippen molar-refractivity contribution in [1.29, 1.82) is 0 Å². The summed E-state index contributed by atoms with van der Waals surface area (Å²) in [6, 6.07) is 0.523.